The molecule has 3 heterocycles. The Balaban J connectivity index is 1.73. The van der Waals surface area contributed by atoms with E-state index in [1.165, 1.54) is 26.2 Å². The molecule has 0 spiro atoms. The number of hydrogen-bond acceptors (Lipinski definition) is 7. The number of rotatable bonds is 10. The number of amides is 1. The number of halogens is 6. The van der Waals surface area contributed by atoms with Gasteiger partial charge in [0.15, 0.2) is 0 Å². The number of carbonyl (C=O) groups excluding carboxylic acids is 1. The van der Waals surface area contributed by atoms with E-state index in [0.717, 1.165) is 0 Å². The Morgan fingerprint density at radius 3 is 1.90 bits per heavy atom. The quantitative estimate of drug-likeness (QED) is 0.223. The van der Waals surface area contributed by atoms with Crippen molar-refractivity contribution in [3.05, 3.63) is 59.7 Å². The molecule has 1 fully saturated rings. The topological polar surface area (TPSA) is 114 Å². The molecule has 1 N–H and O–H groups in total. The van der Waals surface area contributed by atoms with Crippen LogP contribution in [0.25, 0.3) is 11.1 Å². The maximum Gasteiger partial charge on any atom is 0.416 e. The predicted octanol–water partition coefficient (Wildman–Crippen LogP) is 7.19. The summed E-state index contributed by atoms with van der Waals surface area (Å²) in [5.74, 6) is -1.05. The third kappa shape index (κ3) is 8.37. The van der Waals surface area contributed by atoms with E-state index < -0.39 is 59.1 Å². The van der Waals surface area contributed by atoms with Crippen LogP contribution in [0.3, 0.4) is 0 Å². The van der Waals surface area contributed by atoms with Crippen LogP contribution in [0, 0.1) is 5.41 Å². The van der Waals surface area contributed by atoms with E-state index >= 15 is 0 Å². The summed E-state index contributed by atoms with van der Waals surface area (Å²) in [5, 5.41) is 13.6. The van der Waals surface area contributed by atoms with Gasteiger partial charge in [-0.3, -0.25) is 9.48 Å². The molecule has 3 aromatic rings. The van der Waals surface area contributed by atoms with Gasteiger partial charge < -0.3 is 19.6 Å². The van der Waals surface area contributed by atoms with E-state index in [1.807, 2.05) is 13.8 Å². The van der Waals surface area contributed by atoms with Crippen molar-refractivity contribution >= 4 is 18.0 Å². The Morgan fingerprint density at radius 2 is 1.46 bits per heavy atom. The van der Waals surface area contributed by atoms with Crippen LogP contribution in [0.1, 0.15) is 70.1 Å². The molecule has 2 aromatic heterocycles. The van der Waals surface area contributed by atoms with Crippen LogP contribution in [-0.4, -0.2) is 66.5 Å². The summed E-state index contributed by atoms with van der Waals surface area (Å²) >= 11 is 0. The average molecular weight is 685 g/mol. The number of alkyl halides is 6. The van der Waals surface area contributed by atoms with Crippen LogP contribution in [0.4, 0.5) is 37.1 Å². The van der Waals surface area contributed by atoms with Gasteiger partial charge in [-0.15, -0.1) is 0 Å². The van der Waals surface area contributed by atoms with E-state index in [0.29, 0.717) is 36.1 Å². The van der Waals surface area contributed by atoms with Crippen LogP contribution >= 0.6 is 0 Å². The van der Waals surface area contributed by atoms with Crippen molar-refractivity contribution in [1.29, 1.82) is 0 Å². The summed E-state index contributed by atoms with van der Waals surface area (Å²) in [4.78, 5) is 37.0. The lowest BCUT2D eigenvalue weighted by Gasteiger charge is -2.47. The fourth-order valence-electron chi connectivity index (χ4n) is 5.77. The van der Waals surface area contributed by atoms with Gasteiger partial charge in [0.1, 0.15) is 6.61 Å². The van der Waals surface area contributed by atoms with Crippen molar-refractivity contribution in [3.63, 3.8) is 0 Å². The van der Waals surface area contributed by atoms with Gasteiger partial charge in [0, 0.05) is 61.4 Å². The van der Waals surface area contributed by atoms with Crippen molar-refractivity contribution in [1.82, 2.24) is 24.6 Å². The van der Waals surface area contributed by atoms with Gasteiger partial charge in [0.05, 0.1) is 22.7 Å². The number of carboxylic acids is 1. The van der Waals surface area contributed by atoms with Gasteiger partial charge >= 0.3 is 24.4 Å². The summed E-state index contributed by atoms with van der Waals surface area (Å²) in [6.45, 7) is 5.79. The zero-order valence-corrected chi connectivity index (χ0v) is 27.1. The second kappa shape index (κ2) is 14.0. The highest BCUT2D eigenvalue weighted by atomic mass is 19.4. The molecule has 0 bridgehead atoms. The number of likely N-dealkylation sites (tertiary alicyclic amines) is 1. The van der Waals surface area contributed by atoms with Crippen LogP contribution < -0.4 is 4.90 Å². The smallest absolute Gasteiger partial charge is 0.416 e. The van der Waals surface area contributed by atoms with E-state index in [4.69, 9.17) is 4.74 Å². The summed E-state index contributed by atoms with van der Waals surface area (Å²) in [7, 11) is 1.73. The van der Waals surface area contributed by atoms with Gasteiger partial charge in [-0.2, -0.15) is 31.4 Å². The number of nitrogens with zero attached hydrogens (tertiary/aromatic N) is 6. The minimum atomic E-state index is -5.02. The molecule has 1 amide bonds. The number of aliphatic carboxylic acids is 1. The molecule has 1 unspecified atom stereocenters. The first-order chi connectivity index (χ1) is 22.3. The number of carboxylic acid groups (broad SMARTS) is 1. The largest absolute Gasteiger partial charge is 0.481 e. The lowest BCUT2D eigenvalue weighted by Crippen LogP contribution is -2.57. The fraction of sp³-hybridized carbons (Fsp3) is 0.531. The highest BCUT2D eigenvalue weighted by Gasteiger charge is 2.42. The van der Waals surface area contributed by atoms with Crippen molar-refractivity contribution in [2.75, 3.05) is 11.5 Å². The predicted molar refractivity (Wildman–Crippen MR) is 163 cm³/mol. The molecule has 1 saturated heterocycles. The minimum absolute atomic E-state index is 0.0857. The second-order valence-electron chi connectivity index (χ2n) is 12.6. The first-order valence-corrected chi connectivity index (χ1v) is 15.4. The first-order valence-electron chi connectivity index (χ1n) is 15.4. The second-order valence-corrected chi connectivity index (χ2v) is 12.6. The Morgan fingerprint density at radius 1 is 0.917 bits per heavy atom. The number of anilines is 1. The summed E-state index contributed by atoms with van der Waals surface area (Å²) < 4.78 is 89.6. The van der Waals surface area contributed by atoms with Crippen molar-refractivity contribution in [2.45, 2.75) is 90.4 Å². The van der Waals surface area contributed by atoms with Gasteiger partial charge in [0.25, 0.3) is 0 Å². The maximum atomic E-state index is 13.8. The molecular weight excluding hydrogens is 646 g/mol. The molecule has 0 radical (unpaired) electrons. The molecule has 4 rings (SSSR count). The molecule has 262 valence electrons. The molecule has 1 aliphatic heterocycles. The normalized spacial score (nSPS) is 18.9. The number of piperidine rings is 1. The molecule has 0 aliphatic carbocycles. The molecule has 1 aliphatic rings. The third-order valence-corrected chi connectivity index (χ3v) is 8.54. The lowest BCUT2D eigenvalue weighted by molar-refractivity contribution is -0.149. The summed E-state index contributed by atoms with van der Waals surface area (Å²) in [6, 6.07) is 0.0719. The number of carbonyl (C=O) groups is 2. The van der Waals surface area contributed by atoms with Gasteiger partial charge in [-0.25, -0.2) is 14.8 Å². The van der Waals surface area contributed by atoms with E-state index in [1.54, 1.807) is 33.9 Å². The summed E-state index contributed by atoms with van der Waals surface area (Å²) in [6.07, 6.45) is -2.97. The zero-order valence-electron chi connectivity index (χ0n) is 27.1. The van der Waals surface area contributed by atoms with Crippen molar-refractivity contribution < 1.29 is 45.8 Å². The van der Waals surface area contributed by atoms with Crippen LogP contribution in [0.2, 0.25) is 0 Å². The van der Waals surface area contributed by atoms with Gasteiger partial charge in [0.2, 0.25) is 5.95 Å². The number of hydrogen-bond donors (Lipinski definition) is 1. The Kier molecular flexibility index (Phi) is 10.6. The van der Waals surface area contributed by atoms with Crippen LogP contribution in [0.5, 0.6) is 0 Å². The average Bonchev–Trinajstić information content (AvgIpc) is 3.47. The molecule has 10 nitrogen and oxygen atoms in total. The van der Waals surface area contributed by atoms with Gasteiger partial charge in [-0.05, 0) is 63.3 Å². The van der Waals surface area contributed by atoms with Crippen molar-refractivity contribution in [3.8, 4) is 11.1 Å². The Hall–Kier alpha value is -4.37. The summed E-state index contributed by atoms with van der Waals surface area (Å²) in [5.41, 5.74) is -3.12. The van der Waals surface area contributed by atoms with E-state index in [9.17, 15) is 41.0 Å². The Bertz CT molecular complexity index is 1540. The minimum Gasteiger partial charge on any atom is -0.481 e. The molecule has 48 heavy (non-hydrogen) atoms. The third-order valence-electron chi connectivity index (χ3n) is 8.54. The fourth-order valence-corrected chi connectivity index (χ4v) is 5.77. The maximum absolute atomic E-state index is 13.8. The number of benzene rings is 1. The Labute approximate surface area is 273 Å². The standard InChI is InChI=1S/C32H38F6N6O4/c1-6-24-11-26(12-25(7-2)44(24)29(47)48-18-30(3,4)27(45)46)43(28-39-13-20(14-40-28)21-15-41-42(5)17-21)16-19-8-22(31(33,34)35)10-23(9-19)32(36,37)38/h8-10,13-15,17,24-26H,6-7,11-12,16,18H2,1-5H3,(H,45,46)/t24-,25+,26?. The van der Waals surface area contributed by atoms with Crippen LogP contribution in [-0.2, 0) is 35.5 Å². The zero-order chi connectivity index (χ0) is 35.6. The highest BCUT2D eigenvalue weighted by molar-refractivity contribution is 5.75. The monoisotopic (exact) mass is 684 g/mol. The molecular formula is C32H38F6N6O4. The molecule has 3 atom stereocenters. The van der Waals surface area contributed by atoms with Crippen LogP contribution in [0.15, 0.2) is 43.0 Å². The highest BCUT2D eigenvalue weighted by Crippen LogP contribution is 2.38. The number of aryl methyl sites for hydroxylation is 1. The number of aromatic nitrogens is 4. The van der Waals surface area contributed by atoms with E-state index in [2.05, 4.69) is 15.1 Å². The SMILES string of the molecule is CC[C@@H]1CC(N(Cc2cc(C(F)(F)F)cc(C(F)(F)F)c2)c2ncc(-c3cnn(C)c3)cn2)C[C@H](CC)N1C(=O)OCC(C)(C)C(=O)O. The number of ether oxygens (including phenoxy) is 1. The van der Waals surface area contributed by atoms with Gasteiger partial charge in [-0.1, -0.05) is 13.8 Å². The van der Waals surface area contributed by atoms with Crippen molar-refractivity contribution in [2.24, 2.45) is 12.5 Å². The lowest BCUT2D eigenvalue weighted by atomic mass is 9.87. The van der Waals surface area contributed by atoms with E-state index in [-0.39, 0.29) is 43.6 Å². The first kappa shape index (κ1) is 36.5. The molecule has 1 aromatic carbocycles. The molecule has 16 heteroatoms. The molecule has 0 saturated carbocycles.